The number of alkyl halides is 3. The number of halogens is 4. The zero-order chi connectivity index (χ0) is 17.8. The van der Waals surface area contributed by atoms with Gasteiger partial charge in [0.05, 0.1) is 16.6 Å². The van der Waals surface area contributed by atoms with Crippen LogP contribution in [0.1, 0.15) is 5.56 Å². The molecule has 1 saturated heterocycles. The summed E-state index contributed by atoms with van der Waals surface area (Å²) in [5.74, 6) is -0.887. The Morgan fingerprint density at radius 3 is 2.48 bits per heavy atom. The minimum Gasteiger partial charge on any atom is -0.351 e. The Bertz CT molecular complexity index is 942. The van der Waals surface area contributed by atoms with Gasteiger partial charge in [0, 0.05) is 32.2 Å². The molecular weight excluding hydrogens is 340 g/mol. The average Bonchev–Trinajstić information content (AvgIpc) is 3.03. The third kappa shape index (κ3) is 2.66. The highest BCUT2D eigenvalue weighted by Crippen LogP contribution is 2.34. The number of anilines is 1. The van der Waals surface area contributed by atoms with Crippen LogP contribution in [0, 0.1) is 5.82 Å². The smallest absolute Gasteiger partial charge is 0.351 e. The third-order valence-electron chi connectivity index (χ3n) is 4.41. The van der Waals surface area contributed by atoms with Crippen molar-refractivity contribution in [3.63, 3.8) is 0 Å². The van der Waals surface area contributed by atoms with E-state index in [2.05, 4.69) is 20.1 Å². The lowest BCUT2D eigenvalue weighted by atomic mass is 10.1. The molecule has 10 heteroatoms. The van der Waals surface area contributed by atoms with Crippen LogP contribution in [-0.4, -0.2) is 57.7 Å². The number of rotatable bonds is 1. The number of likely N-dealkylation sites (N-methyl/N-ethyl adjacent to an activating group) is 1. The van der Waals surface area contributed by atoms with Crippen LogP contribution in [0.5, 0.6) is 0 Å². The van der Waals surface area contributed by atoms with Crippen LogP contribution in [0.25, 0.3) is 16.7 Å². The number of piperazine rings is 1. The lowest BCUT2D eigenvalue weighted by Crippen LogP contribution is -2.45. The highest BCUT2D eigenvalue weighted by Gasteiger charge is 2.35. The molecule has 0 bridgehead atoms. The summed E-state index contributed by atoms with van der Waals surface area (Å²) in [4.78, 5) is 8.46. The first-order valence-electron chi connectivity index (χ1n) is 7.68. The molecule has 0 amide bonds. The summed E-state index contributed by atoms with van der Waals surface area (Å²) in [6.07, 6.45) is -3.43. The fraction of sp³-hybridized carbons (Fsp3) is 0.400. The van der Waals surface area contributed by atoms with E-state index < -0.39 is 17.6 Å². The fourth-order valence-corrected chi connectivity index (χ4v) is 3.01. The Balaban J connectivity index is 1.93. The van der Waals surface area contributed by atoms with Crippen LogP contribution < -0.4 is 4.90 Å². The van der Waals surface area contributed by atoms with E-state index in [4.69, 9.17) is 0 Å². The summed E-state index contributed by atoms with van der Waals surface area (Å²) < 4.78 is 54.4. The van der Waals surface area contributed by atoms with Crippen LogP contribution >= 0.6 is 0 Å². The predicted octanol–water partition coefficient (Wildman–Crippen LogP) is 2.19. The zero-order valence-electron chi connectivity index (χ0n) is 13.3. The predicted molar refractivity (Wildman–Crippen MR) is 83.0 cm³/mol. The maximum atomic E-state index is 13.9. The normalized spacial score (nSPS) is 16.9. The molecule has 0 unspecified atom stereocenters. The summed E-state index contributed by atoms with van der Waals surface area (Å²) in [6, 6.07) is 1.57. The van der Waals surface area contributed by atoms with Gasteiger partial charge in [-0.3, -0.25) is 4.40 Å². The molecule has 0 atom stereocenters. The molecule has 1 aromatic carbocycles. The monoisotopic (exact) mass is 354 g/mol. The number of hydrogen-bond donors (Lipinski definition) is 0. The van der Waals surface area contributed by atoms with Gasteiger partial charge >= 0.3 is 6.18 Å². The van der Waals surface area contributed by atoms with Gasteiger partial charge < -0.3 is 9.80 Å². The second-order valence-corrected chi connectivity index (χ2v) is 6.07. The van der Waals surface area contributed by atoms with Crippen molar-refractivity contribution in [1.82, 2.24) is 24.5 Å². The Kier molecular flexibility index (Phi) is 3.53. The van der Waals surface area contributed by atoms with E-state index in [0.717, 1.165) is 25.2 Å². The van der Waals surface area contributed by atoms with Crippen molar-refractivity contribution < 1.29 is 17.6 Å². The molecule has 3 aromatic rings. The molecule has 0 saturated carbocycles. The van der Waals surface area contributed by atoms with Crippen LogP contribution in [0.15, 0.2) is 18.5 Å². The number of fused-ring (bicyclic) bond motifs is 3. The van der Waals surface area contributed by atoms with Gasteiger partial charge in [-0.15, -0.1) is 10.2 Å². The topological polar surface area (TPSA) is 49.6 Å². The van der Waals surface area contributed by atoms with Crippen LogP contribution in [0.2, 0.25) is 0 Å². The van der Waals surface area contributed by atoms with Crippen molar-refractivity contribution in [2.75, 3.05) is 38.1 Å². The van der Waals surface area contributed by atoms with E-state index in [1.807, 2.05) is 11.9 Å². The quantitative estimate of drug-likeness (QED) is 0.627. The lowest BCUT2D eigenvalue weighted by molar-refractivity contribution is -0.139. The maximum absolute atomic E-state index is 13.9. The SMILES string of the molecule is CN1CCN(c2nc3cc(C(F)(F)F)c(F)cc3n3cnnc23)CC1. The summed E-state index contributed by atoms with van der Waals surface area (Å²) in [5.41, 5.74) is -0.682. The molecule has 0 aliphatic carbocycles. The molecule has 4 rings (SSSR count). The highest BCUT2D eigenvalue weighted by atomic mass is 19.4. The number of hydrogen-bond acceptors (Lipinski definition) is 5. The van der Waals surface area contributed by atoms with E-state index >= 15 is 0 Å². The molecule has 2 aromatic heterocycles. The van der Waals surface area contributed by atoms with Crippen molar-refractivity contribution in [3.05, 3.63) is 29.8 Å². The van der Waals surface area contributed by atoms with E-state index in [-0.39, 0.29) is 11.0 Å². The molecule has 0 N–H and O–H groups in total. The molecule has 1 fully saturated rings. The molecule has 1 aliphatic heterocycles. The number of aromatic nitrogens is 4. The van der Waals surface area contributed by atoms with Gasteiger partial charge in [-0.2, -0.15) is 13.2 Å². The molecular formula is C15H14F4N6. The lowest BCUT2D eigenvalue weighted by Gasteiger charge is -2.33. The first-order valence-corrected chi connectivity index (χ1v) is 7.68. The van der Waals surface area contributed by atoms with Crippen LogP contribution in [0.3, 0.4) is 0 Å². The van der Waals surface area contributed by atoms with Gasteiger partial charge in [0.1, 0.15) is 12.1 Å². The Hall–Kier alpha value is -2.49. The van der Waals surface area contributed by atoms with Gasteiger partial charge in [-0.25, -0.2) is 9.37 Å². The van der Waals surface area contributed by atoms with Gasteiger partial charge in [-0.1, -0.05) is 0 Å². The van der Waals surface area contributed by atoms with Crippen LogP contribution in [-0.2, 0) is 6.18 Å². The molecule has 25 heavy (non-hydrogen) atoms. The summed E-state index contributed by atoms with van der Waals surface area (Å²) in [7, 11) is 2.00. The number of benzene rings is 1. The van der Waals surface area contributed by atoms with Crippen molar-refractivity contribution in [2.24, 2.45) is 0 Å². The van der Waals surface area contributed by atoms with Crippen molar-refractivity contribution in [3.8, 4) is 0 Å². The molecule has 3 heterocycles. The first kappa shape index (κ1) is 16.0. The van der Waals surface area contributed by atoms with E-state index in [1.54, 1.807) is 0 Å². The molecule has 0 spiro atoms. The van der Waals surface area contributed by atoms with Crippen molar-refractivity contribution in [2.45, 2.75) is 6.18 Å². The summed E-state index contributed by atoms with van der Waals surface area (Å²) in [5, 5.41) is 7.83. The highest BCUT2D eigenvalue weighted by molar-refractivity contribution is 5.83. The van der Waals surface area contributed by atoms with Crippen LogP contribution in [0.4, 0.5) is 23.4 Å². The minimum absolute atomic E-state index is 0.0509. The summed E-state index contributed by atoms with van der Waals surface area (Å²) >= 11 is 0. The Morgan fingerprint density at radius 1 is 1.08 bits per heavy atom. The van der Waals surface area contributed by atoms with Gasteiger partial charge in [0.25, 0.3) is 0 Å². The molecule has 6 nitrogen and oxygen atoms in total. The van der Waals surface area contributed by atoms with Gasteiger partial charge in [0.2, 0.25) is 5.65 Å². The van der Waals surface area contributed by atoms with Gasteiger partial charge in [-0.05, 0) is 13.1 Å². The molecule has 0 radical (unpaired) electrons. The largest absolute Gasteiger partial charge is 0.419 e. The van der Waals surface area contributed by atoms with Crippen molar-refractivity contribution >= 4 is 22.5 Å². The van der Waals surface area contributed by atoms with E-state index in [1.165, 1.54) is 10.7 Å². The second-order valence-electron chi connectivity index (χ2n) is 6.07. The molecule has 132 valence electrons. The summed E-state index contributed by atoms with van der Waals surface area (Å²) in [6.45, 7) is 2.95. The molecule has 1 aliphatic rings. The van der Waals surface area contributed by atoms with Gasteiger partial charge in [0.15, 0.2) is 5.82 Å². The Labute approximate surface area is 139 Å². The third-order valence-corrected chi connectivity index (χ3v) is 4.41. The number of nitrogens with zero attached hydrogens (tertiary/aromatic N) is 6. The first-order chi connectivity index (χ1) is 11.8. The fourth-order valence-electron chi connectivity index (χ4n) is 3.01. The maximum Gasteiger partial charge on any atom is 0.419 e. The Morgan fingerprint density at radius 2 is 1.80 bits per heavy atom. The van der Waals surface area contributed by atoms with E-state index in [0.29, 0.717) is 24.6 Å². The standard InChI is InChI=1S/C15H14F4N6/c1-23-2-4-24(5-3-23)13-14-22-20-8-25(14)12-7-10(16)9(15(17,18)19)6-11(12)21-13/h6-8H,2-5H2,1H3. The van der Waals surface area contributed by atoms with E-state index in [9.17, 15) is 17.6 Å². The average molecular weight is 354 g/mol. The van der Waals surface area contributed by atoms with Crippen molar-refractivity contribution in [1.29, 1.82) is 0 Å². The second kappa shape index (κ2) is 5.51. The minimum atomic E-state index is -4.78. The zero-order valence-corrected chi connectivity index (χ0v) is 13.3.